The molecule has 1 aromatic carbocycles. The fraction of sp³-hybridized carbons (Fsp3) is 0.250. The minimum absolute atomic E-state index is 0.238. The number of halogens is 1. The summed E-state index contributed by atoms with van der Waals surface area (Å²) in [5, 5.41) is 7.34. The molecule has 1 heterocycles. The number of aromatic nitrogens is 2. The van der Waals surface area contributed by atoms with Crippen molar-refractivity contribution in [3.63, 3.8) is 0 Å². The Balaban J connectivity index is 2.31. The van der Waals surface area contributed by atoms with Crippen molar-refractivity contribution in [1.82, 2.24) is 15.1 Å². The zero-order valence-corrected chi connectivity index (χ0v) is 9.31. The fourth-order valence-corrected chi connectivity index (χ4v) is 1.49. The third-order valence-corrected chi connectivity index (χ3v) is 2.61. The molecular formula is C12H14FN3. The lowest BCUT2D eigenvalue weighted by atomic mass is 10.2. The standard InChI is InChI=1S/C12H14FN3/c1-9(14-2)10-7-15-16(8-10)12-5-3-4-11(13)6-12/h3-9,14H,1-2H3. The zero-order chi connectivity index (χ0) is 11.5. The molecule has 0 spiro atoms. The summed E-state index contributed by atoms with van der Waals surface area (Å²) in [5.74, 6) is -0.254. The van der Waals surface area contributed by atoms with Gasteiger partial charge in [0, 0.05) is 17.8 Å². The molecule has 0 bridgehead atoms. The third-order valence-electron chi connectivity index (χ3n) is 2.61. The molecule has 16 heavy (non-hydrogen) atoms. The van der Waals surface area contributed by atoms with Crippen molar-refractivity contribution in [2.45, 2.75) is 13.0 Å². The van der Waals surface area contributed by atoms with Crippen molar-refractivity contribution in [3.05, 3.63) is 48.0 Å². The highest BCUT2D eigenvalue weighted by molar-refractivity contribution is 5.32. The SMILES string of the molecule is CNC(C)c1cnn(-c2cccc(F)c2)c1. The van der Waals surface area contributed by atoms with Crippen molar-refractivity contribution in [2.24, 2.45) is 0 Å². The maximum Gasteiger partial charge on any atom is 0.125 e. The Kier molecular flexibility index (Phi) is 3.01. The van der Waals surface area contributed by atoms with Crippen LogP contribution in [0.4, 0.5) is 4.39 Å². The van der Waals surface area contributed by atoms with Crippen LogP contribution < -0.4 is 5.32 Å². The Morgan fingerprint density at radius 2 is 2.25 bits per heavy atom. The lowest BCUT2D eigenvalue weighted by molar-refractivity contribution is 0.625. The van der Waals surface area contributed by atoms with E-state index < -0.39 is 0 Å². The minimum atomic E-state index is -0.254. The highest BCUT2D eigenvalue weighted by atomic mass is 19.1. The molecule has 0 aliphatic heterocycles. The van der Waals surface area contributed by atoms with Crippen LogP contribution in [0, 0.1) is 5.82 Å². The second kappa shape index (κ2) is 4.45. The highest BCUT2D eigenvalue weighted by Gasteiger charge is 2.06. The van der Waals surface area contributed by atoms with Gasteiger partial charge < -0.3 is 5.32 Å². The van der Waals surface area contributed by atoms with Crippen molar-refractivity contribution in [3.8, 4) is 5.69 Å². The number of nitrogens with one attached hydrogen (secondary N) is 1. The summed E-state index contributed by atoms with van der Waals surface area (Å²) in [6, 6.07) is 6.62. The number of benzene rings is 1. The van der Waals surface area contributed by atoms with Gasteiger partial charge in [0.2, 0.25) is 0 Å². The van der Waals surface area contributed by atoms with Crippen molar-refractivity contribution >= 4 is 0 Å². The molecule has 4 heteroatoms. The van der Waals surface area contributed by atoms with Gasteiger partial charge in [0.25, 0.3) is 0 Å². The van der Waals surface area contributed by atoms with Crippen molar-refractivity contribution in [2.75, 3.05) is 7.05 Å². The average molecular weight is 219 g/mol. The predicted molar refractivity (Wildman–Crippen MR) is 61.0 cm³/mol. The Labute approximate surface area is 93.9 Å². The quantitative estimate of drug-likeness (QED) is 0.858. The molecule has 2 aromatic rings. The van der Waals surface area contributed by atoms with E-state index in [1.54, 1.807) is 16.9 Å². The Bertz CT molecular complexity index is 479. The van der Waals surface area contributed by atoms with Gasteiger partial charge in [-0.1, -0.05) is 6.07 Å². The Morgan fingerprint density at radius 3 is 2.94 bits per heavy atom. The molecule has 0 aliphatic carbocycles. The van der Waals surface area contributed by atoms with Crippen LogP contribution in [0.25, 0.3) is 5.69 Å². The molecule has 1 unspecified atom stereocenters. The van der Waals surface area contributed by atoms with E-state index >= 15 is 0 Å². The Morgan fingerprint density at radius 1 is 1.44 bits per heavy atom. The molecule has 3 nitrogen and oxygen atoms in total. The first-order valence-electron chi connectivity index (χ1n) is 5.18. The van der Waals surface area contributed by atoms with E-state index in [9.17, 15) is 4.39 Å². The second-order valence-corrected chi connectivity index (χ2v) is 3.71. The molecule has 1 aromatic heterocycles. The lowest BCUT2D eigenvalue weighted by Gasteiger charge is -2.05. The summed E-state index contributed by atoms with van der Waals surface area (Å²) in [6.07, 6.45) is 3.68. The topological polar surface area (TPSA) is 29.9 Å². The van der Waals surface area contributed by atoms with Crippen molar-refractivity contribution < 1.29 is 4.39 Å². The van der Waals surface area contributed by atoms with Gasteiger partial charge in [-0.3, -0.25) is 0 Å². The molecule has 0 fully saturated rings. The van der Waals surface area contributed by atoms with Gasteiger partial charge >= 0.3 is 0 Å². The predicted octanol–water partition coefficient (Wildman–Crippen LogP) is 2.29. The minimum Gasteiger partial charge on any atom is -0.313 e. The first-order valence-corrected chi connectivity index (χ1v) is 5.18. The third kappa shape index (κ3) is 2.12. The summed E-state index contributed by atoms with van der Waals surface area (Å²) in [5.41, 5.74) is 1.81. The molecule has 2 rings (SSSR count). The molecule has 0 saturated heterocycles. The molecule has 0 aliphatic rings. The van der Waals surface area contributed by atoms with Gasteiger partial charge in [0.15, 0.2) is 0 Å². The van der Waals surface area contributed by atoms with Gasteiger partial charge in [-0.15, -0.1) is 0 Å². The molecule has 84 valence electrons. The lowest BCUT2D eigenvalue weighted by Crippen LogP contribution is -2.11. The van der Waals surface area contributed by atoms with Gasteiger partial charge in [0.05, 0.1) is 11.9 Å². The molecule has 1 atom stereocenters. The number of nitrogens with zero attached hydrogens (tertiary/aromatic N) is 2. The average Bonchev–Trinajstić information content (AvgIpc) is 2.77. The summed E-state index contributed by atoms with van der Waals surface area (Å²) < 4.78 is 14.7. The van der Waals surface area contributed by atoms with Crippen molar-refractivity contribution in [1.29, 1.82) is 0 Å². The normalized spacial score (nSPS) is 12.7. The largest absolute Gasteiger partial charge is 0.313 e. The van der Waals surface area contributed by atoms with E-state index in [0.29, 0.717) is 0 Å². The van der Waals surface area contributed by atoms with E-state index in [4.69, 9.17) is 0 Å². The molecular weight excluding hydrogens is 205 g/mol. The van der Waals surface area contributed by atoms with Gasteiger partial charge in [0.1, 0.15) is 5.82 Å². The van der Waals surface area contributed by atoms with Gasteiger partial charge in [-0.2, -0.15) is 5.10 Å². The molecule has 0 saturated carbocycles. The van der Waals surface area contributed by atoms with Gasteiger partial charge in [-0.25, -0.2) is 9.07 Å². The fourth-order valence-electron chi connectivity index (χ4n) is 1.49. The summed E-state index contributed by atoms with van der Waals surface area (Å²) in [6.45, 7) is 2.05. The van der Waals surface area contributed by atoms with Crippen LogP contribution in [0.3, 0.4) is 0 Å². The van der Waals surface area contributed by atoms with Crippen LogP contribution in [0.15, 0.2) is 36.7 Å². The summed E-state index contributed by atoms with van der Waals surface area (Å²) >= 11 is 0. The smallest absolute Gasteiger partial charge is 0.125 e. The summed E-state index contributed by atoms with van der Waals surface area (Å²) in [4.78, 5) is 0. The first kappa shape index (κ1) is 10.8. The monoisotopic (exact) mass is 219 g/mol. The van der Waals surface area contributed by atoms with Gasteiger partial charge in [-0.05, 0) is 32.2 Å². The van der Waals surface area contributed by atoms with Crippen LogP contribution in [0.5, 0.6) is 0 Å². The number of hydrogen-bond acceptors (Lipinski definition) is 2. The van der Waals surface area contributed by atoms with Crippen LogP contribution in [-0.2, 0) is 0 Å². The van der Waals surface area contributed by atoms with E-state index in [-0.39, 0.29) is 11.9 Å². The van der Waals surface area contributed by atoms with Crippen LogP contribution in [-0.4, -0.2) is 16.8 Å². The van der Waals surface area contributed by atoms with E-state index in [2.05, 4.69) is 10.4 Å². The number of hydrogen-bond donors (Lipinski definition) is 1. The molecule has 0 radical (unpaired) electrons. The maximum atomic E-state index is 13.0. The molecule has 0 amide bonds. The van der Waals surface area contributed by atoms with E-state index in [0.717, 1.165) is 11.3 Å². The summed E-state index contributed by atoms with van der Waals surface area (Å²) in [7, 11) is 1.89. The maximum absolute atomic E-state index is 13.0. The molecule has 1 N–H and O–H groups in total. The van der Waals surface area contributed by atoms with Crippen LogP contribution >= 0.6 is 0 Å². The van der Waals surface area contributed by atoms with Crippen LogP contribution in [0.2, 0.25) is 0 Å². The zero-order valence-electron chi connectivity index (χ0n) is 9.31. The van der Waals surface area contributed by atoms with E-state index in [1.807, 2.05) is 26.2 Å². The first-order chi connectivity index (χ1) is 7.70. The number of rotatable bonds is 3. The highest BCUT2D eigenvalue weighted by Crippen LogP contribution is 2.14. The van der Waals surface area contributed by atoms with Crippen LogP contribution in [0.1, 0.15) is 18.5 Å². The second-order valence-electron chi connectivity index (χ2n) is 3.71. The van der Waals surface area contributed by atoms with E-state index in [1.165, 1.54) is 12.1 Å². The Hall–Kier alpha value is -1.68.